The maximum absolute atomic E-state index is 6.27. The van der Waals surface area contributed by atoms with Crippen molar-refractivity contribution in [2.45, 2.75) is 0 Å². The van der Waals surface area contributed by atoms with Crippen LogP contribution in [0, 0.1) is 0 Å². The maximum Gasteiger partial charge on any atom is 0.139 e. The summed E-state index contributed by atoms with van der Waals surface area (Å²) in [5, 5.41) is 0.620. The minimum atomic E-state index is 0.620. The highest BCUT2D eigenvalue weighted by molar-refractivity contribution is 6.31. The molecule has 0 aliphatic heterocycles. The number of imidazole rings is 2. The Balaban J connectivity index is 1.72. The fourth-order valence-electron chi connectivity index (χ4n) is 3.23. The number of nitrogens with one attached hydrogen (secondary N) is 2. The lowest BCUT2D eigenvalue weighted by Crippen LogP contribution is -1.89. The molecule has 2 aromatic heterocycles. The molecule has 0 unspecified atom stereocenters. The molecule has 0 aliphatic rings. The summed E-state index contributed by atoms with van der Waals surface area (Å²) in [4.78, 5) is 16.0. The number of nitrogens with zero attached hydrogens (tertiary/aromatic N) is 2. The molecule has 0 aliphatic carbocycles. The van der Waals surface area contributed by atoms with Gasteiger partial charge >= 0.3 is 0 Å². The first-order valence-electron chi connectivity index (χ1n) is 8.37. The van der Waals surface area contributed by atoms with E-state index < -0.39 is 0 Å². The fourth-order valence-corrected chi connectivity index (χ4v) is 3.40. The predicted molar refractivity (Wildman–Crippen MR) is 110 cm³/mol. The molecule has 0 saturated heterocycles. The third-order valence-corrected chi connectivity index (χ3v) is 4.74. The molecule has 132 valence electrons. The largest absolute Gasteiger partial charge is 0.399 e. The van der Waals surface area contributed by atoms with Gasteiger partial charge in [0, 0.05) is 27.5 Å². The van der Waals surface area contributed by atoms with Gasteiger partial charge in [-0.1, -0.05) is 11.6 Å². The van der Waals surface area contributed by atoms with Crippen molar-refractivity contribution in [3.05, 3.63) is 59.6 Å². The molecule has 7 heteroatoms. The average Bonchev–Trinajstić information content (AvgIpc) is 3.24. The van der Waals surface area contributed by atoms with Gasteiger partial charge in [0.25, 0.3) is 0 Å². The third kappa shape index (κ3) is 2.67. The predicted octanol–water partition coefficient (Wildman–Crippen LogP) is 4.59. The van der Waals surface area contributed by atoms with Crippen LogP contribution in [0.3, 0.4) is 0 Å². The minimum Gasteiger partial charge on any atom is -0.399 e. The van der Waals surface area contributed by atoms with Crippen LogP contribution >= 0.6 is 11.6 Å². The van der Waals surface area contributed by atoms with E-state index in [1.54, 1.807) is 0 Å². The highest BCUT2D eigenvalue weighted by Crippen LogP contribution is 2.34. The van der Waals surface area contributed by atoms with Crippen LogP contribution in [-0.2, 0) is 0 Å². The van der Waals surface area contributed by atoms with E-state index in [4.69, 9.17) is 28.1 Å². The molecule has 0 amide bonds. The Morgan fingerprint density at radius 2 is 1.22 bits per heavy atom. The highest BCUT2D eigenvalue weighted by atomic mass is 35.5. The average molecular weight is 375 g/mol. The van der Waals surface area contributed by atoms with Gasteiger partial charge < -0.3 is 21.4 Å². The molecule has 0 radical (unpaired) electrons. The van der Waals surface area contributed by atoms with Gasteiger partial charge in [0.15, 0.2) is 0 Å². The molecule has 5 rings (SSSR count). The summed E-state index contributed by atoms with van der Waals surface area (Å²) in [5.74, 6) is 1.43. The van der Waals surface area contributed by atoms with Crippen LogP contribution in [0.2, 0.25) is 5.02 Å². The van der Waals surface area contributed by atoms with E-state index in [1.807, 2.05) is 54.6 Å². The lowest BCUT2D eigenvalue weighted by molar-refractivity contribution is 1.30. The summed E-state index contributed by atoms with van der Waals surface area (Å²) in [5.41, 5.74) is 18.3. The number of hydrogen-bond acceptors (Lipinski definition) is 4. The number of nitrogens with two attached hydrogens (primary N) is 2. The molecule has 0 bridgehead atoms. The Kier molecular flexibility index (Phi) is 3.35. The SMILES string of the molecule is Nc1ccc2nc(-c3ccc(Cl)cc3-c3nc4ccc(N)cc4[nH]3)[nH]c2c1. The summed E-state index contributed by atoms with van der Waals surface area (Å²) in [6, 6.07) is 16.8. The van der Waals surface area contributed by atoms with Crippen molar-refractivity contribution in [1.29, 1.82) is 0 Å². The van der Waals surface area contributed by atoms with Crippen molar-refractivity contribution >= 4 is 45.0 Å². The van der Waals surface area contributed by atoms with Crippen molar-refractivity contribution < 1.29 is 0 Å². The van der Waals surface area contributed by atoms with E-state index in [2.05, 4.69) is 15.0 Å². The number of aromatic amines is 2. The first kappa shape index (κ1) is 15.7. The van der Waals surface area contributed by atoms with E-state index in [-0.39, 0.29) is 0 Å². The Bertz CT molecular complexity index is 1320. The van der Waals surface area contributed by atoms with Crippen molar-refractivity contribution in [3.8, 4) is 22.8 Å². The van der Waals surface area contributed by atoms with Gasteiger partial charge in [-0.3, -0.25) is 0 Å². The molecule has 0 spiro atoms. The summed E-state index contributed by atoms with van der Waals surface area (Å²) >= 11 is 6.27. The molecule has 5 aromatic rings. The van der Waals surface area contributed by atoms with Crippen molar-refractivity contribution in [2.24, 2.45) is 0 Å². The van der Waals surface area contributed by atoms with Crippen LogP contribution in [0.1, 0.15) is 0 Å². The number of rotatable bonds is 2. The number of benzene rings is 3. The molecule has 27 heavy (non-hydrogen) atoms. The number of H-pyrrole nitrogens is 2. The standard InChI is InChI=1S/C20H15ClN6/c21-10-1-4-13(19-24-15-5-2-11(22)8-17(15)26-19)14(7-10)20-25-16-6-3-12(23)9-18(16)27-20/h1-9H,22-23H2,(H,24,26)(H,25,27). The number of halogens is 1. The van der Waals surface area contributed by atoms with Gasteiger partial charge in [-0.2, -0.15) is 0 Å². The second-order valence-electron chi connectivity index (χ2n) is 6.41. The lowest BCUT2D eigenvalue weighted by atomic mass is 10.1. The van der Waals surface area contributed by atoms with Gasteiger partial charge in [-0.25, -0.2) is 9.97 Å². The van der Waals surface area contributed by atoms with Gasteiger partial charge in [0.2, 0.25) is 0 Å². The molecule has 0 fully saturated rings. The molecule has 0 saturated carbocycles. The van der Waals surface area contributed by atoms with E-state index in [1.165, 1.54) is 0 Å². The second-order valence-corrected chi connectivity index (χ2v) is 6.85. The number of fused-ring (bicyclic) bond motifs is 2. The van der Waals surface area contributed by atoms with Crippen LogP contribution < -0.4 is 11.5 Å². The van der Waals surface area contributed by atoms with Crippen LogP contribution in [0.25, 0.3) is 44.8 Å². The normalized spacial score (nSPS) is 11.4. The Hall–Kier alpha value is -3.51. The van der Waals surface area contributed by atoms with Gasteiger partial charge in [0.1, 0.15) is 11.6 Å². The molecule has 0 atom stereocenters. The third-order valence-electron chi connectivity index (χ3n) is 4.50. The molecule has 6 nitrogen and oxygen atoms in total. The quantitative estimate of drug-likeness (QED) is 0.339. The van der Waals surface area contributed by atoms with Crippen LogP contribution in [0.4, 0.5) is 11.4 Å². The van der Waals surface area contributed by atoms with Crippen molar-refractivity contribution in [2.75, 3.05) is 11.5 Å². The monoisotopic (exact) mass is 374 g/mol. The first-order chi connectivity index (χ1) is 13.1. The van der Waals surface area contributed by atoms with Crippen molar-refractivity contribution in [1.82, 2.24) is 19.9 Å². The Labute approximate surface area is 159 Å². The Morgan fingerprint density at radius 1 is 0.667 bits per heavy atom. The summed E-state index contributed by atoms with van der Waals surface area (Å²) in [7, 11) is 0. The highest BCUT2D eigenvalue weighted by Gasteiger charge is 2.15. The molecular weight excluding hydrogens is 360 g/mol. The van der Waals surface area contributed by atoms with Crippen LogP contribution in [0.15, 0.2) is 54.6 Å². The Morgan fingerprint density at radius 3 is 1.81 bits per heavy atom. The maximum atomic E-state index is 6.27. The second kappa shape index (κ2) is 5.75. The topological polar surface area (TPSA) is 109 Å². The van der Waals surface area contributed by atoms with E-state index in [0.29, 0.717) is 22.2 Å². The molecule has 2 heterocycles. The zero-order valence-electron chi connectivity index (χ0n) is 14.1. The molecule has 6 N–H and O–H groups in total. The summed E-state index contributed by atoms with van der Waals surface area (Å²) in [6.45, 7) is 0. The number of aromatic nitrogens is 4. The zero-order chi connectivity index (χ0) is 18.5. The fraction of sp³-hybridized carbons (Fsp3) is 0. The first-order valence-corrected chi connectivity index (χ1v) is 8.75. The smallest absolute Gasteiger partial charge is 0.139 e. The van der Waals surface area contributed by atoms with E-state index in [0.717, 1.165) is 39.0 Å². The lowest BCUT2D eigenvalue weighted by Gasteiger charge is -2.05. The zero-order valence-corrected chi connectivity index (χ0v) is 14.9. The van der Waals surface area contributed by atoms with Crippen molar-refractivity contribution in [3.63, 3.8) is 0 Å². The molecular formula is C20H15ClN6. The summed E-state index contributed by atoms with van der Waals surface area (Å²) in [6.07, 6.45) is 0. The molecule has 3 aromatic carbocycles. The number of nitrogen functional groups attached to an aromatic ring is 2. The number of hydrogen-bond donors (Lipinski definition) is 4. The van der Waals surface area contributed by atoms with Gasteiger partial charge in [0.05, 0.1) is 22.1 Å². The van der Waals surface area contributed by atoms with E-state index in [9.17, 15) is 0 Å². The van der Waals surface area contributed by atoms with Crippen LogP contribution in [-0.4, -0.2) is 19.9 Å². The number of anilines is 2. The van der Waals surface area contributed by atoms with Gasteiger partial charge in [-0.05, 0) is 54.6 Å². The van der Waals surface area contributed by atoms with Gasteiger partial charge in [-0.15, -0.1) is 0 Å². The van der Waals surface area contributed by atoms with E-state index >= 15 is 0 Å². The summed E-state index contributed by atoms with van der Waals surface area (Å²) < 4.78 is 0. The minimum absolute atomic E-state index is 0.620. The van der Waals surface area contributed by atoms with Crippen LogP contribution in [0.5, 0.6) is 0 Å².